The average molecular weight is 338 g/mol. The van der Waals surface area contributed by atoms with Crippen LogP contribution in [-0.4, -0.2) is 37.5 Å². The van der Waals surface area contributed by atoms with E-state index in [4.69, 9.17) is 0 Å². The first-order chi connectivity index (χ1) is 11.1. The number of sulfonamides is 1. The summed E-state index contributed by atoms with van der Waals surface area (Å²) in [6.45, 7) is 1.82. The Bertz CT molecular complexity index is 581. The maximum Gasteiger partial charge on any atom is 0.220 e. The van der Waals surface area contributed by atoms with Gasteiger partial charge in [0, 0.05) is 26.1 Å². The number of carbonyl (C=O) groups is 1. The van der Waals surface area contributed by atoms with Gasteiger partial charge in [0.25, 0.3) is 0 Å². The van der Waals surface area contributed by atoms with Gasteiger partial charge in [-0.1, -0.05) is 36.8 Å². The van der Waals surface area contributed by atoms with E-state index in [0.29, 0.717) is 38.9 Å². The number of unbranched alkanes of at least 4 members (excludes halogenated alkanes) is 1. The lowest BCUT2D eigenvalue weighted by Crippen LogP contribution is -2.37. The van der Waals surface area contributed by atoms with E-state index in [1.54, 1.807) is 4.31 Å². The zero-order valence-electron chi connectivity index (χ0n) is 13.5. The zero-order valence-corrected chi connectivity index (χ0v) is 14.4. The third-order valence-electron chi connectivity index (χ3n) is 4.10. The van der Waals surface area contributed by atoms with Crippen LogP contribution in [0.3, 0.4) is 0 Å². The molecule has 0 unspecified atom stereocenters. The Morgan fingerprint density at radius 2 is 1.74 bits per heavy atom. The monoisotopic (exact) mass is 338 g/mol. The maximum atomic E-state index is 12.2. The average Bonchev–Trinajstić information content (AvgIpc) is 2.59. The van der Waals surface area contributed by atoms with Crippen molar-refractivity contribution in [1.82, 2.24) is 9.62 Å². The molecular formula is C17H26N2O3S. The smallest absolute Gasteiger partial charge is 0.220 e. The number of nitrogens with zero attached hydrogens (tertiary/aromatic N) is 1. The van der Waals surface area contributed by atoms with Gasteiger partial charge in [0.15, 0.2) is 0 Å². The second kappa shape index (κ2) is 9.03. The van der Waals surface area contributed by atoms with E-state index in [1.165, 1.54) is 0 Å². The Balaban J connectivity index is 1.61. The van der Waals surface area contributed by atoms with Gasteiger partial charge >= 0.3 is 0 Å². The fourth-order valence-electron chi connectivity index (χ4n) is 2.73. The minimum Gasteiger partial charge on any atom is -0.352 e. The summed E-state index contributed by atoms with van der Waals surface area (Å²) in [5.74, 6) is 0.128. The lowest BCUT2D eigenvalue weighted by atomic mass is 10.2. The molecule has 0 bridgehead atoms. The molecule has 1 aliphatic heterocycles. The van der Waals surface area contributed by atoms with Gasteiger partial charge in [-0.3, -0.25) is 4.79 Å². The molecule has 1 aromatic carbocycles. The van der Waals surface area contributed by atoms with Crippen LogP contribution in [-0.2, 0) is 21.4 Å². The lowest BCUT2D eigenvalue weighted by Gasteiger charge is -2.25. The zero-order chi connectivity index (χ0) is 16.5. The number of piperidine rings is 1. The second-order valence-electron chi connectivity index (χ2n) is 6.00. The molecule has 1 heterocycles. The molecular weight excluding hydrogens is 312 g/mol. The molecule has 0 aromatic heterocycles. The molecule has 1 aliphatic rings. The normalized spacial score (nSPS) is 16.2. The number of benzene rings is 1. The molecule has 128 valence electrons. The molecule has 1 N–H and O–H groups in total. The topological polar surface area (TPSA) is 66.5 Å². The maximum absolute atomic E-state index is 12.2. The fraction of sp³-hybridized carbons (Fsp3) is 0.588. The number of carbonyl (C=O) groups excluding carboxylic acids is 1. The van der Waals surface area contributed by atoms with Gasteiger partial charge in [-0.15, -0.1) is 0 Å². The molecule has 0 radical (unpaired) electrons. The van der Waals surface area contributed by atoms with Crippen LogP contribution >= 0.6 is 0 Å². The summed E-state index contributed by atoms with van der Waals surface area (Å²) in [5.41, 5.74) is 1.06. The van der Waals surface area contributed by atoms with Crippen LogP contribution in [0.1, 0.15) is 44.1 Å². The molecule has 2 rings (SSSR count). The highest BCUT2D eigenvalue weighted by Gasteiger charge is 2.23. The van der Waals surface area contributed by atoms with Gasteiger partial charge in [0.1, 0.15) is 0 Å². The number of hydrogen-bond acceptors (Lipinski definition) is 3. The van der Waals surface area contributed by atoms with Gasteiger partial charge < -0.3 is 5.32 Å². The van der Waals surface area contributed by atoms with Crippen molar-refractivity contribution in [3.05, 3.63) is 35.9 Å². The molecule has 6 heteroatoms. The molecule has 0 aliphatic carbocycles. The van der Waals surface area contributed by atoms with Crippen molar-refractivity contribution in [1.29, 1.82) is 0 Å². The van der Waals surface area contributed by atoms with Crippen LogP contribution in [0.5, 0.6) is 0 Å². The van der Waals surface area contributed by atoms with Crippen molar-refractivity contribution in [2.75, 3.05) is 18.8 Å². The minimum absolute atomic E-state index is 0.0239. The van der Waals surface area contributed by atoms with E-state index in [2.05, 4.69) is 5.32 Å². The van der Waals surface area contributed by atoms with Crippen molar-refractivity contribution in [3.63, 3.8) is 0 Å². The summed E-state index contributed by atoms with van der Waals surface area (Å²) in [7, 11) is -3.13. The van der Waals surface area contributed by atoms with E-state index in [1.807, 2.05) is 30.3 Å². The van der Waals surface area contributed by atoms with Gasteiger partial charge in [-0.05, 0) is 31.2 Å². The number of amides is 1. The first kappa shape index (κ1) is 17.9. The van der Waals surface area contributed by atoms with Crippen molar-refractivity contribution in [2.24, 2.45) is 0 Å². The molecule has 1 aromatic rings. The largest absolute Gasteiger partial charge is 0.352 e. The highest BCUT2D eigenvalue weighted by atomic mass is 32.2. The summed E-state index contributed by atoms with van der Waals surface area (Å²) < 4.78 is 25.9. The summed E-state index contributed by atoms with van der Waals surface area (Å²) in [6.07, 6.45) is 4.56. The van der Waals surface area contributed by atoms with Crippen LogP contribution in [0.25, 0.3) is 0 Å². The Morgan fingerprint density at radius 3 is 2.43 bits per heavy atom. The number of rotatable bonds is 8. The Labute approximate surface area is 139 Å². The van der Waals surface area contributed by atoms with Crippen molar-refractivity contribution >= 4 is 15.9 Å². The summed E-state index contributed by atoms with van der Waals surface area (Å²) >= 11 is 0. The van der Waals surface area contributed by atoms with Gasteiger partial charge in [-0.2, -0.15) is 0 Å². The summed E-state index contributed by atoms with van der Waals surface area (Å²) in [4.78, 5) is 11.8. The molecule has 23 heavy (non-hydrogen) atoms. The SMILES string of the molecule is O=C(CCCCS(=O)(=O)N1CCCCC1)NCc1ccccc1. The highest BCUT2D eigenvalue weighted by Crippen LogP contribution is 2.14. The van der Waals surface area contributed by atoms with Crippen LogP contribution in [0, 0.1) is 0 Å². The molecule has 0 saturated carbocycles. The highest BCUT2D eigenvalue weighted by molar-refractivity contribution is 7.89. The van der Waals surface area contributed by atoms with Crippen molar-refractivity contribution < 1.29 is 13.2 Å². The molecule has 0 spiro atoms. The van der Waals surface area contributed by atoms with Crippen LogP contribution in [0.15, 0.2) is 30.3 Å². The lowest BCUT2D eigenvalue weighted by molar-refractivity contribution is -0.121. The van der Waals surface area contributed by atoms with Crippen molar-refractivity contribution in [3.8, 4) is 0 Å². The molecule has 0 atom stereocenters. The van der Waals surface area contributed by atoms with Gasteiger partial charge in [-0.25, -0.2) is 12.7 Å². The first-order valence-corrected chi connectivity index (χ1v) is 9.97. The predicted octanol–water partition coefficient (Wildman–Crippen LogP) is 2.29. The predicted molar refractivity (Wildman–Crippen MR) is 91.4 cm³/mol. The summed E-state index contributed by atoms with van der Waals surface area (Å²) in [5, 5.41) is 2.86. The molecule has 5 nitrogen and oxygen atoms in total. The van der Waals surface area contributed by atoms with Crippen LogP contribution < -0.4 is 5.32 Å². The van der Waals surface area contributed by atoms with E-state index >= 15 is 0 Å². The molecule has 1 saturated heterocycles. The standard InChI is InChI=1S/C17H26N2O3S/c20-17(18-15-16-9-3-1-4-10-16)11-5-8-14-23(21,22)19-12-6-2-7-13-19/h1,3-4,9-10H,2,5-8,11-15H2,(H,18,20). The Kier molecular flexibility index (Phi) is 7.05. The third kappa shape index (κ3) is 6.31. The number of nitrogens with one attached hydrogen (secondary N) is 1. The quantitative estimate of drug-likeness (QED) is 0.740. The van der Waals surface area contributed by atoms with Crippen LogP contribution in [0.4, 0.5) is 0 Å². The van der Waals surface area contributed by atoms with Crippen LogP contribution in [0.2, 0.25) is 0 Å². The van der Waals surface area contributed by atoms with E-state index in [-0.39, 0.29) is 11.7 Å². The Morgan fingerprint density at radius 1 is 1.04 bits per heavy atom. The third-order valence-corrected chi connectivity index (χ3v) is 6.05. The Hall–Kier alpha value is -1.40. The van der Waals surface area contributed by atoms with E-state index in [9.17, 15) is 13.2 Å². The number of hydrogen-bond donors (Lipinski definition) is 1. The second-order valence-corrected chi connectivity index (χ2v) is 8.08. The first-order valence-electron chi connectivity index (χ1n) is 8.36. The van der Waals surface area contributed by atoms with E-state index in [0.717, 1.165) is 24.8 Å². The summed E-state index contributed by atoms with van der Waals surface area (Å²) in [6, 6.07) is 9.74. The van der Waals surface area contributed by atoms with E-state index < -0.39 is 10.0 Å². The molecule has 1 fully saturated rings. The minimum atomic E-state index is -3.13. The van der Waals surface area contributed by atoms with Gasteiger partial charge in [0.2, 0.25) is 15.9 Å². The molecule has 1 amide bonds. The van der Waals surface area contributed by atoms with Gasteiger partial charge in [0.05, 0.1) is 5.75 Å². The fourth-order valence-corrected chi connectivity index (χ4v) is 4.37. The van der Waals surface area contributed by atoms with Crippen molar-refractivity contribution in [2.45, 2.75) is 45.1 Å².